The zero-order valence-corrected chi connectivity index (χ0v) is 13.5. The largest absolute Gasteiger partial charge is 0.493 e. The first kappa shape index (κ1) is 16.2. The van der Waals surface area contributed by atoms with Gasteiger partial charge < -0.3 is 14.8 Å². The van der Waals surface area contributed by atoms with Gasteiger partial charge in [0, 0.05) is 10.7 Å². The van der Waals surface area contributed by atoms with E-state index in [0.29, 0.717) is 22.2 Å². The van der Waals surface area contributed by atoms with Crippen molar-refractivity contribution in [2.45, 2.75) is 20.0 Å². The Balaban J connectivity index is 2.05. The van der Waals surface area contributed by atoms with Crippen molar-refractivity contribution in [2.24, 2.45) is 0 Å². The van der Waals surface area contributed by atoms with Crippen LogP contribution < -0.4 is 14.8 Å². The number of rotatable bonds is 5. The topological polar surface area (TPSA) is 47.6 Å². The zero-order chi connectivity index (χ0) is 16.1. The minimum Gasteiger partial charge on any atom is -0.493 e. The quantitative estimate of drug-likeness (QED) is 0.904. The molecule has 0 saturated carbocycles. The van der Waals surface area contributed by atoms with Crippen LogP contribution in [0.2, 0.25) is 5.02 Å². The summed E-state index contributed by atoms with van der Waals surface area (Å²) in [6.07, 6.45) is -0.671. The highest BCUT2D eigenvalue weighted by molar-refractivity contribution is 6.30. The van der Waals surface area contributed by atoms with Crippen molar-refractivity contribution >= 4 is 23.2 Å². The molecule has 1 N–H and O–H groups in total. The van der Waals surface area contributed by atoms with Gasteiger partial charge in [0.2, 0.25) is 0 Å². The van der Waals surface area contributed by atoms with E-state index in [1.807, 2.05) is 19.1 Å². The van der Waals surface area contributed by atoms with Gasteiger partial charge in [-0.15, -0.1) is 0 Å². The van der Waals surface area contributed by atoms with E-state index in [9.17, 15) is 4.79 Å². The summed E-state index contributed by atoms with van der Waals surface area (Å²) in [5.74, 6) is 0.870. The Hall–Kier alpha value is -2.20. The van der Waals surface area contributed by atoms with Crippen LogP contribution >= 0.6 is 11.6 Å². The number of halogens is 1. The number of hydrogen-bond acceptors (Lipinski definition) is 3. The molecule has 0 aliphatic rings. The van der Waals surface area contributed by atoms with E-state index < -0.39 is 6.10 Å². The zero-order valence-electron chi connectivity index (χ0n) is 12.7. The molecule has 0 aromatic heterocycles. The summed E-state index contributed by atoms with van der Waals surface area (Å²) in [5, 5.41) is 3.32. The van der Waals surface area contributed by atoms with Gasteiger partial charge in [0.25, 0.3) is 5.91 Å². The average Bonchev–Trinajstić information content (AvgIpc) is 2.48. The monoisotopic (exact) mass is 319 g/mol. The van der Waals surface area contributed by atoms with Gasteiger partial charge in [0.1, 0.15) is 0 Å². The molecule has 4 nitrogen and oxygen atoms in total. The number of nitrogens with one attached hydrogen (secondary N) is 1. The first-order valence-electron chi connectivity index (χ1n) is 6.87. The van der Waals surface area contributed by atoms with Crippen molar-refractivity contribution in [3.05, 3.63) is 53.1 Å². The molecule has 22 heavy (non-hydrogen) atoms. The van der Waals surface area contributed by atoms with Gasteiger partial charge in [0.15, 0.2) is 17.6 Å². The van der Waals surface area contributed by atoms with E-state index in [1.165, 1.54) is 0 Å². The maximum Gasteiger partial charge on any atom is 0.265 e. The van der Waals surface area contributed by atoms with Crippen LogP contribution in [0, 0.1) is 6.92 Å². The number of anilines is 1. The van der Waals surface area contributed by atoms with Crippen LogP contribution in [0.25, 0.3) is 0 Å². The van der Waals surface area contributed by atoms with Crippen LogP contribution in [0.15, 0.2) is 42.5 Å². The number of hydrogen-bond donors (Lipinski definition) is 1. The summed E-state index contributed by atoms with van der Waals surface area (Å²) in [6.45, 7) is 3.64. The highest BCUT2D eigenvalue weighted by atomic mass is 35.5. The van der Waals surface area contributed by atoms with Crippen molar-refractivity contribution < 1.29 is 14.3 Å². The summed E-state index contributed by atoms with van der Waals surface area (Å²) in [4.78, 5) is 12.2. The van der Waals surface area contributed by atoms with Gasteiger partial charge in [-0.05, 0) is 49.7 Å². The SMILES string of the molecule is COc1cc(C)ccc1O[C@H](C)C(=O)Nc1cccc(Cl)c1. The molecule has 2 aromatic rings. The molecule has 2 aromatic carbocycles. The molecule has 0 spiro atoms. The molecule has 1 amide bonds. The number of carbonyl (C=O) groups excluding carboxylic acids is 1. The number of benzene rings is 2. The molecule has 0 bridgehead atoms. The van der Waals surface area contributed by atoms with Crippen LogP contribution in [0.4, 0.5) is 5.69 Å². The molecule has 5 heteroatoms. The van der Waals surface area contributed by atoms with Gasteiger partial charge in [-0.1, -0.05) is 23.7 Å². The molecule has 2 rings (SSSR count). The standard InChI is InChI=1S/C17H18ClNO3/c1-11-7-8-15(16(9-11)21-3)22-12(2)17(20)19-14-6-4-5-13(18)10-14/h4-10,12H,1-3H3,(H,19,20)/t12-/m1/s1. The summed E-state index contributed by atoms with van der Waals surface area (Å²) < 4.78 is 11.0. The van der Waals surface area contributed by atoms with Crippen LogP contribution in [-0.4, -0.2) is 19.1 Å². The first-order chi connectivity index (χ1) is 10.5. The molecule has 0 heterocycles. The van der Waals surface area contributed by atoms with Crippen molar-refractivity contribution in [3.63, 3.8) is 0 Å². The number of amides is 1. The molecular weight excluding hydrogens is 302 g/mol. The maximum atomic E-state index is 12.2. The minimum atomic E-state index is -0.671. The molecule has 0 aliphatic heterocycles. The normalized spacial score (nSPS) is 11.6. The van der Waals surface area contributed by atoms with Gasteiger partial charge in [-0.25, -0.2) is 0 Å². The van der Waals surface area contributed by atoms with E-state index in [1.54, 1.807) is 44.4 Å². The Bertz CT molecular complexity index is 673. The fourth-order valence-electron chi connectivity index (χ4n) is 1.93. The summed E-state index contributed by atoms with van der Waals surface area (Å²) in [5.41, 5.74) is 1.68. The van der Waals surface area contributed by atoms with Crippen molar-refractivity contribution in [2.75, 3.05) is 12.4 Å². The van der Waals surface area contributed by atoms with Crippen molar-refractivity contribution in [1.82, 2.24) is 0 Å². The van der Waals surface area contributed by atoms with E-state index in [2.05, 4.69) is 5.32 Å². The van der Waals surface area contributed by atoms with E-state index in [0.717, 1.165) is 5.56 Å². The Labute approximate surface area is 135 Å². The van der Waals surface area contributed by atoms with Crippen LogP contribution in [0.5, 0.6) is 11.5 Å². The number of ether oxygens (including phenoxy) is 2. The van der Waals surface area contributed by atoms with Gasteiger partial charge in [-0.2, -0.15) is 0 Å². The van der Waals surface area contributed by atoms with Crippen LogP contribution in [-0.2, 0) is 4.79 Å². The molecule has 0 radical (unpaired) electrons. The fourth-order valence-corrected chi connectivity index (χ4v) is 2.12. The van der Waals surface area contributed by atoms with Crippen molar-refractivity contribution in [1.29, 1.82) is 0 Å². The molecule has 0 saturated heterocycles. The molecule has 0 unspecified atom stereocenters. The van der Waals surface area contributed by atoms with E-state index >= 15 is 0 Å². The Morgan fingerprint density at radius 1 is 1.18 bits per heavy atom. The molecule has 1 atom stereocenters. The third kappa shape index (κ3) is 4.15. The molecule has 0 aliphatic carbocycles. The van der Waals surface area contributed by atoms with Crippen LogP contribution in [0.3, 0.4) is 0 Å². The third-order valence-electron chi connectivity index (χ3n) is 3.08. The second kappa shape index (κ2) is 7.18. The summed E-state index contributed by atoms with van der Waals surface area (Å²) in [7, 11) is 1.57. The lowest BCUT2D eigenvalue weighted by Gasteiger charge is -2.17. The lowest BCUT2D eigenvalue weighted by molar-refractivity contribution is -0.122. The highest BCUT2D eigenvalue weighted by Gasteiger charge is 2.17. The van der Waals surface area contributed by atoms with Gasteiger partial charge in [0.05, 0.1) is 7.11 Å². The molecular formula is C17H18ClNO3. The second-order valence-electron chi connectivity index (χ2n) is 4.91. The first-order valence-corrected chi connectivity index (χ1v) is 7.25. The Kier molecular flexibility index (Phi) is 5.28. The smallest absolute Gasteiger partial charge is 0.265 e. The minimum absolute atomic E-state index is 0.259. The number of carbonyl (C=O) groups is 1. The fraction of sp³-hybridized carbons (Fsp3) is 0.235. The van der Waals surface area contributed by atoms with Gasteiger partial charge in [-0.3, -0.25) is 4.79 Å². The van der Waals surface area contributed by atoms with Gasteiger partial charge >= 0.3 is 0 Å². The average molecular weight is 320 g/mol. The number of aryl methyl sites for hydroxylation is 1. The predicted octanol–water partition coefficient (Wildman–Crippen LogP) is 4.06. The van der Waals surface area contributed by atoms with E-state index in [4.69, 9.17) is 21.1 Å². The summed E-state index contributed by atoms with van der Waals surface area (Å²) in [6, 6.07) is 12.5. The molecule has 116 valence electrons. The second-order valence-corrected chi connectivity index (χ2v) is 5.35. The van der Waals surface area contributed by atoms with E-state index in [-0.39, 0.29) is 5.91 Å². The lowest BCUT2D eigenvalue weighted by atomic mass is 10.2. The van der Waals surface area contributed by atoms with Crippen LogP contribution in [0.1, 0.15) is 12.5 Å². The van der Waals surface area contributed by atoms with Crippen molar-refractivity contribution in [3.8, 4) is 11.5 Å². The Morgan fingerprint density at radius 2 is 1.95 bits per heavy atom. The Morgan fingerprint density at radius 3 is 2.64 bits per heavy atom. The number of methoxy groups -OCH3 is 1. The summed E-state index contributed by atoms with van der Waals surface area (Å²) >= 11 is 5.89. The molecule has 0 fully saturated rings. The predicted molar refractivity (Wildman–Crippen MR) is 87.9 cm³/mol. The maximum absolute atomic E-state index is 12.2. The third-order valence-corrected chi connectivity index (χ3v) is 3.32. The lowest BCUT2D eigenvalue weighted by Crippen LogP contribution is -2.30. The highest BCUT2D eigenvalue weighted by Crippen LogP contribution is 2.28.